The molecular formula is C20H30N2. The Hall–Kier alpha value is -1.28. The van der Waals surface area contributed by atoms with E-state index < -0.39 is 0 Å². The molecule has 0 saturated carbocycles. The number of aryl methyl sites for hydroxylation is 3. The van der Waals surface area contributed by atoms with Gasteiger partial charge in [-0.1, -0.05) is 18.9 Å². The van der Waals surface area contributed by atoms with E-state index >= 15 is 0 Å². The van der Waals surface area contributed by atoms with Crippen LogP contribution < -0.4 is 0 Å². The average molecular weight is 298 g/mol. The first kappa shape index (κ1) is 15.6. The second-order valence-corrected chi connectivity index (χ2v) is 7.01. The van der Waals surface area contributed by atoms with Crippen molar-refractivity contribution in [1.29, 1.82) is 0 Å². The number of likely N-dealkylation sites (N-methyl/N-ethyl adjacent to an activating group) is 1. The van der Waals surface area contributed by atoms with Crippen LogP contribution in [0.5, 0.6) is 0 Å². The van der Waals surface area contributed by atoms with Gasteiger partial charge >= 0.3 is 0 Å². The highest BCUT2D eigenvalue weighted by molar-refractivity contribution is 5.88. The number of hydrogen-bond donors (Lipinski definition) is 0. The SMILES string of the molecule is CCn1cc(CCN(C)C)c2c3c(ccc21)CCCCCC3. The zero-order valence-corrected chi connectivity index (χ0v) is 14.5. The van der Waals surface area contributed by atoms with Crippen molar-refractivity contribution in [2.75, 3.05) is 20.6 Å². The van der Waals surface area contributed by atoms with E-state index in [1.165, 1.54) is 44.0 Å². The van der Waals surface area contributed by atoms with Crippen LogP contribution in [0.3, 0.4) is 0 Å². The summed E-state index contributed by atoms with van der Waals surface area (Å²) >= 11 is 0. The molecule has 2 aromatic rings. The van der Waals surface area contributed by atoms with Crippen LogP contribution in [-0.4, -0.2) is 30.1 Å². The van der Waals surface area contributed by atoms with Crippen LogP contribution in [0.25, 0.3) is 10.9 Å². The molecule has 1 aliphatic rings. The second kappa shape index (κ2) is 6.87. The van der Waals surface area contributed by atoms with Crippen molar-refractivity contribution in [2.45, 2.75) is 58.4 Å². The summed E-state index contributed by atoms with van der Waals surface area (Å²) < 4.78 is 2.44. The van der Waals surface area contributed by atoms with E-state index in [1.54, 1.807) is 22.1 Å². The molecule has 0 radical (unpaired) electrons. The van der Waals surface area contributed by atoms with E-state index in [4.69, 9.17) is 0 Å². The Bertz CT molecular complexity index is 637. The van der Waals surface area contributed by atoms with E-state index in [-0.39, 0.29) is 0 Å². The highest BCUT2D eigenvalue weighted by Crippen LogP contribution is 2.32. The van der Waals surface area contributed by atoms with Gasteiger partial charge in [0.1, 0.15) is 0 Å². The van der Waals surface area contributed by atoms with Crippen LogP contribution >= 0.6 is 0 Å². The molecule has 0 fully saturated rings. The first-order valence-corrected chi connectivity index (χ1v) is 8.98. The quantitative estimate of drug-likeness (QED) is 0.811. The van der Waals surface area contributed by atoms with Crippen molar-refractivity contribution in [3.8, 4) is 0 Å². The molecule has 0 bridgehead atoms. The van der Waals surface area contributed by atoms with Crippen LogP contribution in [0.4, 0.5) is 0 Å². The smallest absolute Gasteiger partial charge is 0.0486 e. The topological polar surface area (TPSA) is 8.17 Å². The minimum absolute atomic E-state index is 1.07. The monoisotopic (exact) mass is 298 g/mol. The molecule has 0 aliphatic heterocycles. The maximum Gasteiger partial charge on any atom is 0.0486 e. The average Bonchev–Trinajstić information content (AvgIpc) is 2.83. The summed E-state index contributed by atoms with van der Waals surface area (Å²) in [6.45, 7) is 4.45. The molecular weight excluding hydrogens is 268 g/mol. The lowest BCUT2D eigenvalue weighted by atomic mass is 9.89. The Balaban J connectivity index is 2.10. The first-order valence-electron chi connectivity index (χ1n) is 8.98. The molecule has 1 heterocycles. The van der Waals surface area contributed by atoms with Crippen LogP contribution in [0.15, 0.2) is 18.3 Å². The van der Waals surface area contributed by atoms with E-state index in [1.807, 2.05) is 0 Å². The third-order valence-electron chi connectivity index (χ3n) is 5.12. The van der Waals surface area contributed by atoms with Gasteiger partial charge in [-0.2, -0.15) is 0 Å². The van der Waals surface area contributed by atoms with Gasteiger partial charge in [0.25, 0.3) is 0 Å². The molecule has 3 rings (SSSR count). The summed E-state index contributed by atoms with van der Waals surface area (Å²) in [6.07, 6.45) is 11.6. The maximum atomic E-state index is 2.44. The fraction of sp³-hybridized carbons (Fsp3) is 0.600. The molecule has 0 amide bonds. The Morgan fingerprint density at radius 1 is 1.05 bits per heavy atom. The summed E-state index contributed by atoms with van der Waals surface area (Å²) in [5.74, 6) is 0. The molecule has 0 atom stereocenters. The molecule has 0 spiro atoms. The maximum absolute atomic E-state index is 2.44. The van der Waals surface area contributed by atoms with Crippen molar-refractivity contribution in [1.82, 2.24) is 9.47 Å². The van der Waals surface area contributed by atoms with Crippen molar-refractivity contribution in [3.63, 3.8) is 0 Å². The summed E-state index contributed by atoms with van der Waals surface area (Å²) in [5.41, 5.74) is 6.30. The Labute approximate surface area is 135 Å². The molecule has 0 saturated heterocycles. The lowest BCUT2D eigenvalue weighted by Gasteiger charge is -2.17. The van der Waals surface area contributed by atoms with Crippen molar-refractivity contribution in [2.24, 2.45) is 0 Å². The van der Waals surface area contributed by atoms with Gasteiger partial charge < -0.3 is 9.47 Å². The van der Waals surface area contributed by atoms with Gasteiger partial charge in [-0.25, -0.2) is 0 Å². The van der Waals surface area contributed by atoms with Crippen LogP contribution in [0.1, 0.15) is 49.3 Å². The largest absolute Gasteiger partial charge is 0.347 e. The van der Waals surface area contributed by atoms with Gasteiger partial charge in [-0.3, -0.25) is 0 Å². The number of benzene rings is 1. The van der Waals surface area contributed by atoms with Gasteiger partial charge in [-0.15, -0.1) is 0 Å². The zero-order chi connectivity index (χ0) is 15.5. The lowest BCUT2D eigenvalue weighted by molar-refractivity contribution is 0.414. The van der Waals surface area contributed by atoms with E-state index in [2.05, 4.69) is 48.8 Å². The standard InChI is InChI=1S/C20H30N2/c1-4-22-15-17(13-14-21(2)3)20-18-10-8-6-5-7-9-16(18)11-12-19(20)22/h11-12,15H,4-10,13-14H2,1-3H3. The minimum Gasteiger partial charge on any atom is -0.347 e. The highest BCUT2D eigenvalue weighted by Gasteiger charge is 2.16. The second-order valence-electron chi connectivity index (χ2n) is 7.01. The number of rotatable bonds is 4. The molecule has 22 heavy (non-hydrogen) atoms. The molecule has 0 unspecified atom stereocenters. The Morgan fingerprint density at radius 3 is 2.55 bits per heavy atom. The zero-order valence-electron chi connectivity index (χ0n) is 14.5. The van der Waals surface area contributed by atoms with Crippen molar-refractivity contribution in [3.05, 3.63) is 35.0 Å². The normalized spacial score (nSPS) is 15.8. The van der Waals surface area contributed by atoms with Crippen molar-refractivity contribution >= 4 is 10.9 Å². The van der Waals surface area contributed by atoms with Gasteiger partial charge in [0.05, 0.1) is 0 Å². The minimum atomic E-state index is 1.07. The van der Waals surface area contributed by atoms with Gasteiger partial charge in [0.2, 0.25) is 0 Å². The van der Waals surface area contributed by atoms with Crippen LogP contribution in [-0.2, 0) is 25.8 Å². The van der Waals surface area contributed by atoms with Gasteiger partial charge in [-0.05, 0) is 75.9 Å². The highest BCUT2D eigenvalue weighted by atomic mass is 15.0. The summed E-state index contributed by atoms with van der Waals surface area (Å²) in [6, 6.07) is 4.78. The van der Waals surface area contributed by atoms with Gasteiger partial charge in [0.15, 0.2) is 0 Å². The molecule has 2 nitrogen and oxygen atoms in total. The van der Waals surface area contributed by atoms with Crippen molar-refractivity contribution < 1.29 is 0 Å². The van der Waals surface area contributed by atoms with E-state index in [0.717, 1.165) is 19.5 Å². The predicted molar refractivity (Wildman–Crippen MR) is 95.7 cm³/mol. The van der Waals surface area contributed by atoms with Gasteiger partial charge in [0, 0.05) is 30.2 Å². The third kappa shape index (κ3) is 3.08. The number of nitrogens with zero attached hydrogens (tertiary/aromatic N) is 2. The predicted octanol–water partition coefficient (Wildman–Crippen LogP) is 4.42. The molecule has 120 valence electrons. The van der Waals surface area contributed by atoms with E-state index in [9.17, 15) is 0 Å². The molecule has 1 aromatic carbocycles. The summed E-state index contributed by atoms with van der Waals surface area (Å²) in [7, 11) is 4.34. The molecule has 0 N–H and O–H groups in total. The third-order valence-corrected chi connectivity index (χ3v) is 5.12. The first-order chi connectivity index (χ1) is 10.7. The number of aromatic nitrogens is 1. The molecule has 1 aliphatic carbocycles. The number of fused-ring (bicyclic) bond motifs is 3. The fourth-order valence-corrected chi connectivity index (χ4v) is 3.88. The Kier molecular flexibility index (Phi) is 4.87. The van der Waals surface area contributed by atoms with Crippen LogP contribution in [0, 0.1) is 0 Å². The Morgan fingerprint density at radius 2 is 1.82 bits per heavy atom. The molecule has 2 heteroatoms. The summed E-state index contributed by atoms with van der Waals surface area (Å²) in [4.78, 5) is 2.29. The molecule has 1 aromatic heterocycles. The fourth-order valence-electron chi connectivity index (χ4n) is 3.88. The van der Waals surface area contributed by atoms with E-state index in [0.29, 0.717) is 0 Å². The number of hydrogen-bond acceptors (Lipinski definition) is 1. The van der Waals surface area contributed by atoms with Crippen LogP contribution in [0.2, 0.25) is 0 Å². The summed E-state index contributed by atoms with van der Waals surface area (Å²) in [5, 5.41) is 1.59. The lowest BCUT2D eigenvalue weighted by Crippen LogP contribution is -2.15.